The van der Waals surface area contributed by atoms with Crippen LogP contribution in [0.15, 0.2) is 355 Å². The van der Waals surface area contributed by atoms with Crippen LogP contribution < -0.4 is 20.7 Å². The Hall–Kier alpha value is -7.62. The van der Waals surface area contributed by atoms with Gasteiger partial charge >= 0.3 is 37.9 Å². The molecule has 0 aromatic heterocycles. The van der Waals surface area contributed by atoms with E-state index in [1.54, 1.807) is 20.7 Å². The van der Waals surface area contributed by atoms with Gasteiger partial charge in [-0.2, -0.15) is 68.8 Å². The molecule has 0 radical (unpaired) electrons. The van der Waals surface area contributed by atoms with Crippen LogP contribution in [0.25, 0.3) is 24.3 Å². The molecular formula is C94H80Cl2S4Si2Zr-4. The summed E-state index contributed by atoms with van der Waals surface area (Å²) in [7, 11) is 6.72. The Bertz CT molecular complexity index is 4500. The van der Waals surface area contributed by atoms with Crippen LogP contribution >= 0.6 is 64.1 Å². The first-order chi connectivity index (χ1) is 50.5. The number of halogens is 2. The van der Waals surface area contributed by atoms with Gasteiger partial charge in [-0.05, 0) is 143 Å². The van der Waals surface area contributed by atoms with Crippen molar-refractivity contribution in [2.24, 2.45) is 0 Å². The van der Waals surface area contributed by atoms with Crippen LogP contribution in [-0.4, -0.2) is 17.6 Å². The average molecular weight is 1560 g/mol. The molecule has 0 saturated heterocycles. The average Bonchev–Trinajstić information content (AvgIpc) is 1.61. The van der Waals surface area contributed by atoms with Crippen molar-refractivity contribution in [2.45, 2.75) is 104 Å². The van der Waals surface area contributed by atoms with E-state index in [-0.39, 0.29) is 23.7 Å². The second-order valence-corrected chi connectivity index (χ2v) is 40.3. The number of hydrogen-bond acceptors (Lipinski definition) is 4. The first-order valence-corrected chi connectivity index (χ1v) is 49.6. The fourth-order valence-corrected chi connectivity index (χ4v) is 25.7. The van der Waals surface area contributed by atoms with Crippen LogP contribution in [0, 0.1) is 27.7 Å². The molecule has 9 heteroatoms. The number of allylic oxidation sites excluding steroid dienone is 12. The number of benzene rings is 8. The van der Waals surface area contributed by atoms with E-state index < -0.39 is 38.4 Å². The Kier molecular flexibility index (Phi) is 23.9. The Balaban J connectivity index is 0.000000168. The molecule has 4 unspecified atom stereocenters. The van der Waals surface area contributed by atoms with Gasteiger partial charge in [0.25, 0.3) is 0 Å². The molecular weight excluding hydrogens is 1480 g/mol. The van der Waals surface area contributed by atoms with Gasteiger partial charge in [-0.15, -0.1) is 91.6 Å². The molecule has 4 aliphatic carbocycles. The summed E-state index contributed by atoms with van der Waals surface area (Å²) in [4.78, 5) is 10.2. The van der Waals surface area contributed by atoms with E-state index in [0.717, 1.165) is 0 Å². The molecule has 0 N–H and O–H groups in total. The van der Waals surface area contributed by atoms with E-state index in [1.807, 2.05) is 47.0 Å². The molecule has 103 heavy (non-hydrogen) atoms. The van der Waals surface area contributed by atoms with E-state index in [0.29, 0.717) is 0 Å². The summed E-state index contributed by atoms with van der Waals surface area (Å²) >= 11 is 6.45. The van der Waals surface area contributed by atoms with Gasteiger partial charge in [-0.25, -0.2) is 0 Å². The van der Waals surface area contributed by atoms with Crippen molar-refractivity contribution in [3.05, 3.63) is 405 Å². The Morgan fingerprint density at radius 2 is 0.456 bits per heavy atom. The monoisotopic (exact) mass is 1550 g/mol. The van der Waals surface area contributed by atoms with Crippen molar-refractivity contribution in [3.63, 3.8) is 0 Å². The zero-order valence-electron chi connectivity index (χ0n) is 58.7. The molecule has 0 aliphatic heterocycles. The summed E-state index contributed by atoms with van der Waals surface area (Å²) in [5.41, 5.74) is 22.6. The third-order valence-electron chi connectivity index (χ3n) is 20.2. The summed E-state index contributed by atoms with van der Waals surface area (Å²) in [6, 6.07) is 89.3. The fourth-order valence-electron chi connectivity index (χ4n) is 15.7. The van der Waals surface area contributed by atoms with E-state index in [9.17, 15) is 0 Å². The molecule has 0 bridgehead atoms. The zero-order chi connectivity index (χ0) is 70.8. The van der Waals surface area contributed by atoms with Crippen LogP contribution in [0.1, 0.15) is 113 Å². The minimum atomic E-state index is -1.57. The van der Waals surface area contributed by atoms with Crippen molar-refractivity contribution >= 4 is 127 Å². The molecule has 12 aromatic carbocycles. The van der Waals surface area contributed by atoms with Crippen LogP contribution in [0.4, 0.5) is 0 Å². The predicted octanol–water partition coefficient (Wildman–Crippen LogP) is 24.3. The number of rotatable bonds is 16. The molecule has 0 saturated carbocycles. The molecule has 0 fully saturated rings. The molecule has 12 aromatic rings. The van der Waals surface area contributed by atoms with Gasteiger partial charge in [0, 0.05) is 56.8 Å². The molecule has 0 spiro atoms. The number of aryl methyl sites for hydroxylation is 4. The zero-order valence-corrected chi connectivity index (χ0v) is 68.2. The molecule has 0 nitrogen and oxygen atoms in total. The van der Waals surface area contributed by atoms with E-state index in [4.69, 9.17) is 17.0 Å². The standard InChI is InChI=1S/2C47H40S2Si.2ClH.Zr/c2*1-32-30-44-40(34-22-26-38(27-23-34)48-36-14-6-4-7-15-36)18-10-12-20-42(44)46(32)50(3)47-33(2)31-45-41(19-11-13-21-43(45)47)35-24-28-39(29-25-35)49-37-16-8-5-9-17-37;;;/h2*4-31,40-41,50H,1-3H3;2*1H;/q2*-2;;;+2/p-2. The summed E-state index contributed by atoms with van der Waals surface area (Å²) in [5, 5.41) is 6.34. The summed E-state index contributed by atoms with van der Waals surface area (Å²) < 4.78 is 0. The molecule has 16 rings (SSSR count). The van der Waals surface area contributed by atoms with Crippen LogP contribution in [0.5, 0.6) is 0 Å². The van der Waals surface area contributed by atoms with E-state index in [1.165, 1.54) is 128 Å². The minimum absolute atomic E-state index is 0.235. The molecule has 4 aliphatic rings. The Labute approximate surface area is 649 Å². The third-order valence-corrected chi connectivity index (χ3v) is 30.8. The summed E-state index contributed by atoms with van der Waals surface area (Å²) in [6.07, 6.45) is 37.0. The maximum absolute atomic E-state index is 4.93. The first-order valence-electron chi connectivity index (χ1n) is 35.4. The van der Waals surface area contributed by atoms with Crippen molar-refractivity contribution in [1.82, 2.24) is 0 Å². The second-order valence-electron chi connectivity index (χ2n) is 26.8. The van der Waals surface area contributed by atoms with Gasteiger partial charge < -0.3 is 0 Å². The van der Waals surface area contributed by atoms with Crippen molar-refractivity contribution in [2.75, 3.05) is 0 Å². The van der Waals surface area contributed by atoms with Crippen molar-refractivity contribution in [3.8, 4) is 0 Å². The molecule has 0 amide bonds. The van der Waals surface area contributed by atoms with Gasteiger partial charge in [0.05, 0.1) is 0 Å². The Morgan fingerprint density at radius 1 is 0.272 bits per heavy atom. The van der Waals surface area contributed by atoms with Crippen LogP contribution in [0.2, 0.25) is 13.1 Å². The van der Waals surface area contributed by atoms with Crippen molar-refractivity contribution < 1.29 is 20.8 Å². The van der Waals surface area contributed by atoms with Gasteiger partial charge in [-0.3, -0.25) is 0 Å². The second kappa shape index (κ2) is 34.1. The van der Waals surface area contributed by atoms with Gasteiger partial charge in [-0.1, -0.05) is 258 Å². The van der Waals surface area contributed by atoms with Gasteiger partial charge in [0.1, 0.15) is 0 Å². The van der Waals surface area contributed by atoms with Gasteiger partial charge in [0.2, 0.25) is 0 Å². The van der Waals surface area contributed by atoms with Crippen LogP contribution in [0.3, 0.4) is 0 Å². The normalized spacial score (nSPS) is 16.5. The molecule has 4 atom stereocenters. The Morgan fingerprint density at radius 3 is 0.650 bits per heavy atom. The molecule has 0 heterocycles. The summed E-state index contributed by atoms with van der Waals surface area (Å²) in [6.45, 7) is 14.5. The topological polar surface area (TPSA) is 0 Å². The molecule has 510 valence electrons. The predicted molar refractivity (Wildman–Crippen MR) is 451 cm³/mol. The van der Waals surface area contributed by atoms with Crippen molar-refractivity contribution in [1.29, 1.82) is 0 Å². The number of hydrogen-bond donors (Lipinski definition) is 0. The first kappa shape index (κ1) is 72.3. The van der Waals surface area contributed by atoms with E-state index in [2.05, 4.69) is 381 Å². The quantitative estimate of drug-likeness (QED) is 0.0698. The SMILES string of the molecule is Cc1cc2c([c-]1[SiH](C)[c-]1c(C)cc3c1C=CC=CC3c1ccc(Sc3ccccc3)cc1)C=CC=CC2c1ccc(Sc2ccccc2)cc1.Cc1cc2c([c-]1[SiH](C)[c-]1c(C)cc3c1C=CC=CC3c1ccc(Sc3ccccc3)cc1)C=CC=CC2c1ccc(Sc2ccccc2)cc1.[Cl][Zr][Cl]. The van der Waals surface area contributed by atoms with Gasteiger partial charge in [0.15, 0.2) is 0 Å². The van der Waals surface area contributed by atoms with E-state index >= 15 is 0 Å². The number of fused-ring (bicyclic) bond motifs is 4. The maximum atomic E-state index is 4.93. The van der Waals surface area contributed by atoms with Crippen LogP contribution in [-0.2, 0) is 20.8 Å². The summed E-state index contributed by atoms with van der Waals surface area (Å²) in [5.74, 6) is 0.940. The fraction of sp³-hybridized carbons (Fsp3) is 0.106. The third kappa shape index (κ3) is 16.6.